The number of benzene rings is 2. The van der Waals surface area contributed by atoms with E-state index < -0.39 is 12.0 Å². The van der Waals surface area contributed by atoms with Gasteiger partial charge in [-0.15, -0.1) is 0 Å². The van der Waals surface area contributed by atoms with Crippen LogP contribution in [-0.4, -0.2) is 35.0 Å². The number of halogens is 1. The lowest BCUT2D eigenvalue weighted by Gasteiger charge is -2.30. The highest BCUT2D eigenvalue weighted by Crippen LogP contribution is 2.42. The Bertz CT molecular complexity index is 1060. The molecule has 2 heterocycles. The molecule has 1 unspecified atom stereocenters. The number of ether oxygens (including phenoxy) is 2. The summed E-state index contributed by atoms with van der Waals surface area (Å²) in [5, 5.41) is 7.57. The molecule has 0 saturated carbocycles. The fourth-order valence-corrected chi connectivity index (χ4v) is 3.71. The summed E-state index contributed by atoms with van der Waals surface area (Å²) in [6.45, 7) is 0. The number of hydrogen-bond acceptors (Lipinski definition) is 6. The minimum Gasteiger partial charge on any atom is -0.496 e. The van der Waals surface area contributed by atoms with Crippen LogP contribution in [0.25, 0.3) is 5.70 Å². The summed E-state index contributed by atoms with van der Waals surface area (Å²) >= 11 is 3.51. The summed E-state index contributed by atoms with van der Waals surface area (Å²) in [5.74, 6) is 0.698. The smallest absolute Gasteiger partial charge is 0.338 e. The van der Waals surface area contributed by atoms with Gasteiger partial charge in [-0.25, -0.2) is 9.48 Å². The zero-order valence-electron chi connectivity index (χ0n) is 15.2. The topological polar surface area (TPSA) is 78.3 Å². The zero-order valence-corrected chi connectivity index (χ0v) is 16.8. The van der Waals surface area contributed by atoms with Gasteiger partial charge in [-0.2, -0.15) is 10.1 Å². The molecule has 1 aromatic heterocycles. The number of hydrogen-bond donors (Lipinski definition) is 1. The van der Waals surface area contributed by atoms with Crippen molar-refractivity contribution in [2.45, 2.75) is 6.04 Å². The monoisotopic (exact) mass is 440 g/mol. The molecule has 0 spiro atoms. The molecule has 0 aliphatic carbocycles. The third-order valence-electron chi connectivity index (χ3n) is 4.55. The Kier molecular flexibility index (Phi) is 4.87. The van der Waals surface area contributed by atoms with E-state index in [1.165, 1.54) is 13.4 Å². The summed E-state index contributed by atoms with van der Waals surface area (Å²) in [4.78, 5) is 17.2. The molecule has 28 heavy (non-hydrogen) atoms. The van der Waals surface area contributed by atoms with Gasteiger partial charge >= 0.3 is 5.97 Å². The number of rotatable bonds is 4. The number of nitrogens with one attached hydrogen (secondary N) is 1. The Morgan fingerprint density at radius 1 is 1.18 bits per heavy atom. The molecule has 1 atom stereocenters. The maximum Gasteiger partial charge on any atom is 0.338 e. The predicted molar refractivity (Wildman–Crippen MR) is 108 cm³/mol. The van der Waals surface area contributed by atoms with Crippen molar-refractivity contribution in [2.24, 2.45) is 0 Å². The average molecular weight is 441 g/mol. The van der Waals surface area contributed by atoms with E-state index in [1.807, 2.05) is 48.5 Å². The standard InChI is InChI=1S/C20H17BrN4O3/c1-27-15-9-8-13(21)10-14(15)18-16(19(26)28-2)17(12-6-4-3-5-7-12)24-20-22-11-23-25(18)20/h3-11,18H,1-2H3,(H,22,23,24). The number of anilines is 1. The molecular formula is C20H17BrN4O3. The van der Waals surface area contributed by atoms with Crippen LogP contribution in [-0.2, 0) is 9.53 Å². The molecule has 2 aromatic carbocycles. The van der Waals surface area contributed by atoms with E-state index in [1.54, 1.807) is 11.8 Å². The summed E-state index contributed by atoms with van der Waals surface area (Å²) in [6.07, 6.45) is 1.45. The Morgan fingerprint density at radius 2 is 1.96 bits per heavy atom. The number of nitrogens with zero attached hydrogens (tertiary/aromatic N) is 3. The lowest BCUT2D eigenvalue weighted by molar-refractivity contribution is -0.136. The van der Waals surface area contributed by atoms with Gasteiger partial charge in [0.05, 0.1) is 25.5 Å². The number of esters is 1. The largest absolute Gasteiger partial charge is 0.496 e. The summed E-state index contributed by atoms with van der Waals surface area (Å²) in [5.41, 5.74) is 2.65. The minimum atomic E-state index is -0.575. The molecule has 1 aliphatic rings. The Hall–Kier alpha value is -3.13. The second-order valence-corrected chi connectivity index (χ2v) is 7.00. The van der Waals surface area contributed by atoms with Crippen molar-refractivity contribution in [1.29, 1.82) is 0 Å². The normalized spacial score (nSPS) is 15.6. The number of fused-ring (bicyclic) bond motifs is 1. The molecule has 4 rings (SSSR count). The van der Waals surface area contributed by atoms with Gasteiger partial charge in [-0.3, -0.25) is 0 Å². The van der Waals surface area contributed by atoms with Crippen LogP contribution in [0.4, 0.5) is 5.95 Å². The number of aromatic nitrogens is 3. The number of methoxy groups -OCH3 is 2. The van der Waals surface area contributed by atoms with Crippen LogP contribution < -0.4 is 10.1 Å². The van der Waals surface area contributed by atoms with E-state index in [4.69, 9.17) is 9.47 Å². The quantitative estimate of drug-likeness (QED) is 0.623. The fourth-order valence-electron chi connectivity index (χ4n) is 3.33. The van der Waals surface area contributed by atoms with Crippen molar-refractivity contribution in [2.75, 3.05) is 19.5 Å². The van der Waals surface area contributed by atoms with Crippen molar-refractivity contribution in [3.05, 3.63) is 76.0 Å². The van der Waals surface area contributed by atoms with Crippen LogP contribution in [0.5, 0.6) is 5.75 Å². The Morgan fingerprint density at radius 3 is 2.68 bits per heavy atom. The van der Waals surface area contributed by atoms with E-state index in [0.717, 1.165) is 15.6 Å². The second kappa shape index (κ2) is 7.47. The van der Waals surface area contributed by atoms with Crippen molar-refractivity contribution in [3.63, 3.8) is 0 Å². The molecule has 142 valence electrons. The van der Waals surface area contributed by atoms with Gasteiger partial charge in [0.1, 0.15) is 18.1 Å². The van der Waals surface area contributed by atoms with Gasteiger partial charge in [0.25, 0.3) is 0 Å². The van der Waals surface area contributed by atoms with Gasteiger partial charge in [-0.05, 0) is 23.8 Å². The van der Waals surface area contributed by atoms with Gasteiger partial charge in [-0.1, -0.05) is 46.3 Å². The number of carbonyl (C=O) groups excluding carboxylic acids is 1. The minimum absolute atomic E-state index is 0.420. The van der Waals surface area contributed by atoms with Gasteiger partial charge in [0.2, 0.25) is 5.95 Å². The molecule has 0 saturated heterocycles. The van der Waals surface area contributed by atoms with Gasteiger partial charge in [0.15, 0.2) is 0 Å². The van der Waals surface area contributed by atoms with Crippen LogP contribution in [0.3, 0.4) is 0 Å². The van der Waals surface area contributed by atoms with Crippen LogP contribution in [0.1, 0.15) is 17.2 Å². The SMILES string of the molecule is COC(=O)C1=C(c2ccccc2)Nc2ncnn2C1c1cc(Br)ccc1OC. The molecule has 0 amide bonds. The van der Waals surface area contributed by atoms with Crippen molar-refractivity contribution in [1.82, 2.24) is 14.8 Å². The van der Waals surface area contributed by atoms with Crippen LogP contribution in [0, 0.1) is 0 Å². The van der Waals surface area contributed by atoms with Crippen molar-refractivity contribution in [3.8, 4) is 5.75 Å². The molecule has 1 aliphatic heterocycles. The first-order valence-corrected chi connectivity index (χ1v) is 9.31. The molecule has 0 fully saturated rings. The first-order valence-electron chi connectivity index (χ1n) is 8.52. The van der Waals surface area contributed by atoms with Gasteiger partial charge in [0, 0.05) is 10.0 Å². The third-order valence-corrected chi connectivity index (χ3v) is 5.04. The molecule has 8 heteroatoms. The maximum absolute atomic E-state index is 12.9. The van der Waals surface area contributed by atoms with E-state index in [9.17, 15) is 4.79 Å². The van der Waals surface area contributed by atoms with E-state index >= 15 is 0 Å². The Labute approximate surface area is 170 Å². The molecule has 1 N–H and O–H groups in total. The summed E-state index contributed by atoms with van der Waals surface area (Å²) in [6, 6.07) is 14.6. The zero-order chi connectivity index (χ0) is 19.7. The predicted octanol–water partition coefficient (Wildman–Crippen LogP) is 3.65. The van der Waals surface area contributed by atoms with Crippen LogP contribution in [0.2, 0.25) is 0 Å². The molecule has 7 nitrogen and oxygen atoms in total. The third kappa shape index (κ3) is 3.05. The van der Waals surface area contributed by atoms with E-state index in [-0.39, 0.29) is 0 Å². The molecule has 0 bridgehead atoms. The van der Waals surface area contributed by atoms with Crippen LogP contribution >= 0.6 is 15.9 Å². The summed E-state index contributed by atoms with van der Waals surface area (Å²) < 4.78 is 13.2. The van der Waals surface area contributed by atoms with Crippen molar-refractivity contribution < 1.29 is 14.3 Å². The Balaban J connectivity index is 2.03. The first-order chi connectivity index (χ1) is 13.6. The maximum atomic E-state index is 12.9. The molecule has 0 radical (unpaired) electrons. The lowest BCUT2D eigenvalue weighted by Crippen LogP contribution is -2.29. The second-order valence-electron chi connectivity index (χ2n) is 6.09. The highest BCUT2D eigenvalue weighted by Gasteiger charge is 2.37. The molecule has 3 aromatic rings. The summed E-state index contributed by atoms with van der Waals surface area (Å²) in [7, 11) is 2.96. The fraction of sp³-hybridized carbons (Fsp3) is 0.150. The van der Waals surface area contributed by atoms with E-state index in [2.05, 4.69) is 31.3 Å². The first kappa shape index (κ1) is 18.2. The highest BCUT2D eigenvalue weighted by atomic mass is 79.9. The van der Waals surface area contributed by atoms with Crippen LogP contribution in [0.15, 0.2) is 64.9 Å². The highest BCUT2D eigenvalue weighted by molar-refractivity contribution is 9.10. The lowest BCUT2D eigenvalue weighted by atomic mass is 9.92. The number of carbonyl (C=O) groups is 1. The van der Waals surface area contributed by atoms with E-state index in [0.29, 0.717) is 23.0 Å². The van der Waals surface area contributed by atoms with Crippen molar-refractivity contribution >= 4 is 33.5 Å². The average Bonchev–Trinajstić information content (AvgIpc) is 3.20. The van der Waals surface area contributed by atoms with Gasteiger partial charge < -0.3 is 14.8 Å². The molecular weight excluding hydrogens is 424 g/mol.